The van der Waals surface area contributed by atoms with E-state index in [0.29, 0.717) is 0 Å². The van der Waals surface area contributed by atoms with Crippen LogP contribution in [-0.2, 0) is 0 Å². The number of hydrogen-bond acceptors (Lipinski definition) is 1. The molecule has 0 aliphatic carbocycles. The van der Waals surface area contributed by atoms with Gasteiger partial charge in [0.15, 0.2) is 0 Å². The lowest BCUT2D eigenvalue weighted by Gasteiger charge is -2.12. The summed E-state index contributed by atoms with van der Waals surface area (Å²) in [5.41, 5.74) is 0.987. The molecule has 0 aliphatic heterocycles. The Bertz CT molecular complexity index is 403. The van der Waals surface area contributed by atoms with E-state index in [0.717, 1.165) is 18.4 Å². The molecule has 0 fully saturated rings. The van der Waals surface area contributed by atoms with Gasteiger partial charge in [-0.2, -0.15) is 0 Å². The molecule has 0 amide bonds. The monoisotopic (exact) mass is 380 g/mol. The van der Waals surface area contributed by atoms with Crippen LogP contribution >= 0.6 is 15.9 Å². The summed E-state index contributed by atoms with van der Waals surface area (Å²) in [6.07, 6.45) is 5.15. The van der Waals surface area contributed by atoms with Gasteiger partial charge in [-0.1, -0.05) is 79.9 Å². The molecule has 22 heavy (non-hydrogen) atoms. The largest absolute Gasteiger partial charge is 0.573 e. The van der Waals surface area contributed by atoms with Crippen molar-refractivity contribution < 1.29 is 17.9 Å². The predicted molar refractivity (Wildman–Crippen MR) is 87.4 cm³/mol. The Kier molecular flexibility index (Phi) is 8.91. The van der Waals surface area contributed by atoms with Gasteiger partial charge in [0.1, 0.15) is 5.75 Å². The second kappa shape index (κ2) is 10.1. The maximum Gasteiger partial charge on any atom is 0.573 e. The maximum absolute atomic E-state index is 12.1. The molecule has 0 spiro atoms. The molecule has 0 heterocycles. The highest BCUT2D eigenvalue weighted by molar-refractivity contribution is 9.09. The van der Waals surface area contributed by atoms with Gasteiger partial charge in [0.2, 0.25) is 0 Å². The van der Waals surface area contributed by atoms with Crippen LogP contribution in [0, 0.1) is 0 Å². The van der Waals surface area contributed by atoms with Crippen molar-refractivity contribution in [2.24, 2.45) is 0 Å². The number of benzene rings is 1. The van der Waals surface area contributed by atoms with Crippen LogP contribution in [0.15, 0.2) is 24.3 Å². The van der Waals surface area contributed by atoms with Crippen molar-refractivity contribution in [3.05, 3.63) is 29.8 Å². The first kappa shape index (κ1) is 19.3. The van der Waals surface area contributed by atoms with E-state index in [1.807, 2.05) is 0 Å². The van der Waals surface area contributed by atoms with Crippen LogP contribution in [0.1, 0.15) is 68.7 Å². The first-order valence-electron chi connectivity index (χ1n) is 7.92. The highest BCUT2D eigenvalue weighted by atomic mass is 79.9. The zero-order valence-corrected chi connectivity index (χ0v) is 14.5. The van der Waals surface area contributed by atoms with Crippen LogP contribution in [-0.4, -0.2) is 6.36 Å². The van der Waals surface area contributed by atoms with Crippen molar-refractivity contribution in [3.8, 4) is 5.75 Å². The van der Waals surface area contributed by atoms with Gasteiger partial charge < -0.3 is 4.74 Å². The molecular formula is C17H24BrF3O. The Balaban J connectivity index is 2.26. The molecule has 126 valence electrons. The Hall–Kier alpha value is -0.710. The van der Waals surface area contributed by atoms with E-state index in [9.17, 15) is 13.2 Å². The van der Waals surface area contributed by atoms with Gasteiger partial charge in [-0.05, 0) is 24.1 Å². The Morgan fingerprint density at radius 3 is 2.05 bits per heavy atom. The number of unbranched alkanes of at least 4 members (excludes halogenated alkanes) is 6. The van der Waals surface area contributed by atoms with Gasteiger partial charge in [0.05, 0.1) is 0 Å². The summed E-state index contributed by atoms with van der Waals surface area (Å²) in [7, 11) is 0. The van der Waals surface area contributed by atoms with Crippen LogP contribution in [0.2, 0.25) is 0 Å². The molecular weight excluding hydrogens is 357 g/mol. The molecule has 5 heteroatoms. The van der Waals surface area contributed by atoms with E-state index in [2.05, 4.69) is 27.6 Å². The zero-order chi connectivity index (χ0) is 16.4. The first-order valence-corrected chi connectivity index (χ1v) is 8.83. The summed E-state index contributed by atoms with van der Waals surface area (Å²) in [4.78, 5) is 0.183. The van der Waals surface area contributed by atoms with E-state index < -0.39 is 6.36 Å². The number of halogens is 4. The third-order valence-electron chi connectivity index (χ3n) is 3.54. The van der Waals surface area contributed by atoms with E-state index in [-0.39, 0.29) is 10.6 Å². The lowest BCUT2D eigenvalue weighted by atomic mass is 10.0. The minimum atomic E-state index is -4.63. The fourth-order valence-corrected chi connectivity index (χ4v) is 2.95. The molecule has 1 unspecified atom stereocenters. The smallest absolute Gasteiger partial charge is 0.406 e. The van der Waals surface area contributed by atoms with Crippen molar-refractivity contribution in [1.29, 1.82) is 0 Å². The van der Waals surface area contributed by atoms with Gasteiger partial charge in [0, 0.05) is 4.83 Å². The molecule has 0 N–H and O–H groups in total. The quantitative estimate of drug-likeness (QED) is 0.309. The van der Waals surface area contributed by atoms with Crippen molar-refractivity contribution in [2.45, 2.75) is 69.5 Å². The maximum atomic E-state index is 12.1. The minimum Gasteiger partial charge on any atom is -0.406 e. The zero-order valence-electron chi connectivity index (χ0n) is 13.0. The van der Waals surface area contributed by atoms with Crippen molar-refractivity contribution in [3.63, 3.8) is 0 Å². The Labute approximate surface area is 139 Å². The number of ether oxygens (including phenoxy) is 1. The molecule has 1 aromatic rings. The normalized spacial score (nSPS) is 13.1. The van der Waals surface area contributed by atoms with Gasteiger partial charge in [0.25, 0.3) is 0 Å². The lowest BCUT2D eigenvalue weighted by Crippen LogP contribution is -2.17. The molecule has 1 rings (SSSR count). The fourth-order valence-electron chi connectivity index (χ4n) is 2.33. The van der Waals surface area contributed by atoms with Crippen molar-refractivity contribution in [1.82, 2.24) is 0 Å². The van der Waals surface area contributed by atoms with Crippen LogP contribution < -0.4 is 4.74 Å². The topological polar surface area (TPSA) is 9.23 Å². The molecule has 0 radical (unpaired) electrons. The van der Waals surface area contributed by atoms with Gasteiger partial charge in [-0.25, -0.2) is 0 Å². The van der Waals surface area contributed by atoms with E-state index in [1.54, 1.807) is 12.1 Å². The summed E-state index contributed by atoms with van der Waals surface area (Å²) in [6, 6.07) is 6.09. The second-order valence-electron chi connectivity index (χ2n) is 5.49. The third kappa shape index (κ3) is 8.66. The molecule has 0 aromatic heterocycles. The van der Waals surface area contributed by atoms with Gasteiger partial charge >= 0.3 is 6.36 Å². The SMILES string of the molecule is CCCCCCCCCC(Br)c1ccc(OC(F)(F)F)cc1. The Morgan fingerprint density at radius 1 is 0.955 bits per heavy atom. The van der Waals surface area contributed by atoms with E-state index in [1.165, 1.54) is 50.7 Å². The molecule has 0 aliphatic rings. The van der Waals surface area contributed by atoms with Gasteiger partial charge in [-0.3, -0.25) is 0 Å². The average Bonchev–Trinajstić information content (AvgIpc) is 2.45. The van der Waals surface area contributed by atoms with E-state index in [4.69, 9.17) is 0 Å². The molecule has 1 nitrogen and oxygen atoms in total. The summed E-state index contributed by atoms with van der Waals surface area (Å²) in [5, 5.41) is 0. The van der Waals surface area contributed by atoms with Crippen LogP contribution in [0.25, 0.3) is 0 Å². The van der Waals surface area contributed by atoms with Gasteiger partial charge in [-0.15, -0.1) is 13.2 Å². The lowest BCUT2D eigenvalue weighted by molar-refractivity contribution is -0.274. The molecule has 0 saturated heterocycles. The highest BCUT2D eigenvalue weighted by Crippen LogP contribution is 2.31. The molecule has 1 atom stereocenters. The van der Waals surface area contributed by atoms with Crippen LogP contribution in [0.5, 0.6) is 5.75 Å². The molecule has 0 bridgehead atoms. The fraction of sp³-hybridized carbons (Fsp3) is 0.647. The summed E-state index contributed by atoms with van der Waals surface area (Å²) < 4.78 is 40.1. The second-order valence-corrected chi connectivity index (χ2v) is 6.60. The van der Waals surface area contributed by atoms with Crippen molar-refractivity contribution >= 4 is 15.9 Å². The summed E-state index contributed by atoms with van der Waals surface area (Å²) >= 11 is 3.60. The summed E-state index contributed by atoms with van der Waals surface area (Å²) in [6.45, 7) is 2.21. The number of rotatable bonds is 10. The van der Waals surface area contributed by atoms with Crippen LogP contribution in [0.3, 0.4) is 0 Å². The predicted octanol–water partition coefficient (Wildman–Crippen LogP) is 7.16. The summed E-state index contributed by atoms with van der Waals surface area (Å²) in [5.74, 6) is -0.174. The first-order chi connectivity index (χ1) is 10.4. The molecule has 0 saturated carbocycles. The number of alkyl halides is 4. The average molecular weight is 381 g/mol. The molecule has 1 aromatic carbocycles. The van der Waals surface area contributed by atoms with Crippen LogP contribution in [0.4, 0.5) is 13.2 Å². The van der Waals surface area contributed by atoms with E-state index >= 15 is 0 Å². The Morgan fingerprint density at radius 2 is 1.50 bits per heavy atom. The number of hydrogen-bond donors (Lipinski definition) is 0. The minimum absolute atomic E-state index is 0.174. The highest BCUT2D eigenvalue weighted by Gasteiger charge is 2.31. The standard InChI is InChI=1S/C17H24BrF3O/c1-2-3-4-5-6-7-8-9-16(18)14-10-12-15(13-11-14)22-17(19,20)21/h10-13,16H,2-9H2,1H3. The third-order valence-corrected chi connectivity index (χ3v) is 4.52. The van der Waals surface area contributed by atoms with Crippen molar-refractivity contribution in [2.75, 3.05) is 0 Å².